The van der Waals surface area contributed by atoms with Crippen LogP contribution in [0.2, 0.25) is 0 Å². The summed E-state index contributed by atoms with van der Waals surface area (Å²) in [6.45, 7) is 0. The van der Waals surface area contributed by atoms with Crippen LogP contribution in [0, 0.1) is 5.82 Å². The van der Waals surface area contributed by atoms with Crippen molar-refractivity contribution in [3.05, 3.63) is 23.6 Å². The average molecular weight is 338 g/mol. The molecule has 0 aromatic carbocycles. The Hall–Kier alpha value is -1.30. The maximum absolute atomic E-state index is 13.6. The number of thioether (sulfide) groups is 1. The minimum absolute atomic E-state index is 0.0652. The Morgan fingerprint density at radius 3 is 2.70 bits per heavy atom. The number of nitrogens with zero attached hydrogens (tertiary/aromatic N) is 1. The third-order valence-electron chi connectivity index (χ3n) is 4.45. The number of hydrogen-bond donors (Lipinski definition) is 1. The molecule has 1 N–H and O–H groups in total. The minimum Gasteiger partial charge on any atom is -0.474 e. The molecular weight excluding hydrogens is 315 g/mol. The number of nitrogens with one attached hydrogen (secondary N) is 1. The zero-order chi connectivity index (χ0) is 16.1. The highest BCUT2D eigenvalue weighted by Gasteiger charge is 2.23. The van der Waals surface area contributed by atoms with Gasteiger partial charge in [-0.15, -0.1) is 0 Å². The van der Waals surface area contributed by atoms with Gasteiger partial charge in [0.15, 0.2) is 0 Å². The first-order valence-corrected chi connectivity index (χ1v) is 9.58. The van der Waals surface area contributed by atoms with E-state index in [9.17, 15) is 9.18 Å². The van der Waals surface area contributed by atoms with Crippen molar-refractivity contribution < 1.29 is 13.9 Å². The van der Waals surface area contributed by atoms with Gasteiger partial charge in [0.25, 0.3) is 5.91 Å². The molecule has 0 unspecified atom stereocenters. The van der Waals surface area contributed by atoms with Crippen LogP contribution < -0.4 is 10.1 Å². The van der Waals surface area contributed by atoms with E-state index in [0.717, 1.165) is 56.2 Å². The lowest BCUT2D eigenvalue weighted by Gasteiger charge is -2.25. The smallest absolute Gasteiger partial charge is 0.257 e. The van der Waals surface area contributed by atoms with Gasteiger partial charge in [-0.3, -0.25) is 4.79 Å². The molecule has 1 saturated carbocycles. The summed E-state index contributed by atoms with van der Waals surface area (Å²) in [5.41, 5.74) is 0.216. The number of carbonyl (C=O) groups is 1. The summed E-state index contributed by atoms with van der Waals surface area (Å²) in [4.78, 5) is 16.5. The van der Waals surface area contributed by atoms with Crippen molar-refractivity contribution in [3.8, 4) is 5.88 Å². The molecule has 1 aromatic rings. The van der Waals surface area contributed by atoms with Crippen molar-refractivity contribution in [2.24, 2.45) is 0 Å². The van der Waals surface area contributed by atoms with E-state index in [1.807, 2.05) is 11.8 Å². The molecule has 2 heterocycles. The molecule has 1 saturated heterocycles. The molecule has 1 aromatic heterocycles. The fraction of sp³-hybridized carbons (Fsp3) is 0.647. The Balaban J connectivity index is 1.70. The van der Waals surface area contributed by atoms with E-state index in [2.05, 4.69) is 10.3 Å². The highest BCUT2D eigenvalue weighted by Crippen LogP contribution is 2.25. The fourth-order valence-corrected chi connectivity index (χ4v) is 4.21. The van der Waals surface area contributed by atoms with Crippen molar-refractivity contribution in [1.29, 1.82) is 0 Å². The standard InChI is InChI=1S/C17H23FN2O2S/c18-12-10-15(16(21)20-13-4-2-1-3-5-13)17(19-11-12)22-14-6-8-23-9-7-14/h10-11,13-14H,1-9H2,(H,20,21). The molecule has 2 fully saturated rings. The van der Waals surface area contributed by atoms with E-state index >= 15 is 0 Å². The van der Waals surface area contributed by atoms with Gasteiger partial charge < -0.3 is 10.1 Å². The normalized spacial score (nSPS) is 20.2. The quantitative estimate of drug-likeness (QED) is 0.912. The number of hydrogen-bond acceptors (Lipinski definition) is 4. The first-order valence-electron chi connectivity index (χ1n) is 8.43. The lowest BCUT2D eigenvalue weighted by molar-refractivity contribution is 0.0917. The maximum atomic E-state index is 13.6. The minimum atomic E-state index is -0.509. The van der Waals surface area contributed by atoms with Crippen LogP contribution in [0.5, 0.6) is 5.88 Å². The van der Waals surface area contributed by atoms with E-state index in [-0.39, 0.29) is 29.5 Å². The molecule has 2 aliphatic rings. The number of aromatic nitrogens is 1. The van der Waals surface area contributed by atoms with Crippen LogP contribution >= 0.6 is 11.8 Å². The van der Waals surface area contributed by atoms with Gasteiger partial charge in [-0.25, -0.2) is 9.37 Å². The second-order valence-corrected chi connectivity index (χ2v) is 7.47. The lowest BCUT2D eigenvalue weighted by atomic mass is 9.95. The second-order valence-electron chi connectivity index (χ2n) is 6.24. The summed E-state index contributed by atoms with van der Waals surface area (Å²) in [7, 11) is 0. The number of ether oxygens (including phenoxy) is 1. The Bertz CT molecular complexity index is 543. The molecule has 0 spiro atoms. The molecule has 6 heteroatoms. The van der Waals surface area contributed by atoms with E-state index in [1.165, 1.54) is 12.5 Å². The summed E-state index contributed by atoms with van der Waals surface area (Å²) in [6, 6.07) is 1.41. The highest BCUT2D eigenvalue weighted by atomic mass is 32.2. The number of halogens is 1. The van der Waals surface area contributed by atoms with Crippen molar-refractivity contribution in [2.45, 2.75) is 57.1 Å². The zero-order valence-corrected chi connectivity index (χ0v) is 14.0. The van der Waals surface area contributed by atoms with Crippen molar-refractivity contribution in [3.63, 3.8) is 0 Å². The first kappa shape index (κ1) is 16.6. The van der Waals surface area contributed by atoms with E-state index in [0.29, 0.717) is 0 Å². The van der Waals surface area contributed by atoms with Gasteiger partial charge in [0.05, 0.1) is 6.20 Å². The van der Waals surface area contributed by atoms with Gasteiger partial charge in [0.2, 0.25) is 5.88 Å². The van der Waals surface area contributed by atoms with Gasteiger partial charge in [0.1, 0.15) is 17.5 Å². The second kappa shape index (κ2) is 7.99. The summed E-state index contributed by atoms with van der Waals surface area (Å²) in [6.07, 6.45) is 8.53. The average Bonchev–Trinajstić information content (AvgIpc) is 2.58. The van der Waals surface area contributed by atoms with Crippen LogP contribution in [0.1, 0.15) is 55.3 Å². The molecule has 0 atom stereocenters. The van der Waals surface area contributed by atoms with Crippen LogP contribution in [-0.4, -0.2) is 34.5 Å². The number of carbonyl (C=O) groups excluding carboxylic acids is 1. The Kier molecular flexibility index (Phi) is 5.75. The maximum Gasteiger partial charge on any atom is 0.257 e. The topological polar surface area (TPSA) is 51.2 Å². The fourth-order valence-electron chi connectivity index (χ4n) is 3.15. The number of rotatable bonds is 4. The van der Waals surface area contributed by atoms with Gasteiger partial charge in [-0.2, -0.15) is 11.8 Å². The molecule has 1 aliphatic heterocycles. The summed E-state index contributed by atoms with van der Waals surface area (Å²) in [5, 5.41) is 3.01. The molecule has 0 bridgehead atoms. The molecule has 4 nitrogen and oxygen atoms in total. The molecule has 3 rings (SSSR count). The predicted molar refractivity (Wildman–Crippen MR) is 89.5 cm³/mol. The third-order valence-corrected chi connectivity index (χ3v) is 5.50. The van der Waals surface area contributed by atoms with Gasteiger partial charge in [-0.05, 0) is 43.3 Å². The largest absolute Gasteiger partial charge is 0.474 e. The monoisotopic (exact) mass is 338 g/mol. The van der Waals surface area contributed by atoms with Crippen LogP contribution in [0.3, 0.4) is 0 Å². The lowest BCUT2D eigenvalue weighted by Crippen LogP contribution is -2.36. The van der Waals surface area contributed by atoms with Gasteiger partial charge >= 0.3 is 0 Å². The van der Waals surface area contributed by atoms with Crippen molar-refractivity contribution >= 4 is 17.7 Å². The molecular formula is C17H23FN2O2S. The van der Waals surface area contributed by atoms with E-state index in [4.69, 9.17) is 4.74 Å². The highest BCUT2D eigenvalue weighted by molar-refractivity contribution is 7.99. The third kappa shape index (κ3) is 4.59. The van der Waals surface area contributed by atoms with Crippen LogP contribution in [-0.2, 0) is 0 Å². The van der Waals surface area contributed by atoms with Crippen LogP contribution in [0.4, 0.5) is 4.39 Å². The van der Waals surface area contributed by atoms with Crippen molar-refractivity contribution in [1.82, 2.24) is 10.3 Å². The predicted octanol–water partition coefficient (Wildman–Crippen LogP) is 3.56. The Morgan fingerprint density at radius 2 is 1.96 bits per heavy atom. The molecule has 0 radical (unpaired) electrons. The number of pyridine rings is 1. The summed E-state index contributed by atoms with van der Waals surface area (Å²) in [5.74, 6) is 1.58. The Morgan fingerprint density at radius 1 is 1.22 bits per heavy atom. The number of amides is 1. The molecule has 1 aliphatic carbocycles. The molecule has 126 valence electrons. The zero-order valence-electron chi connectivity index (χ0n) is 13.2. The molecule has 23 heavy (non-hydrogen) atoms. The first-order chi connectivity index (χ1) is 11.2. The van der Waals surface area contributed by atoms with Gasteiger partial charge in [-0.1, -0.05) is 19.3 Å². The van der Waals surface area contributed by atoms with Crippen LogP contribution in [0.15, 0.2) is 12.3 Å². The Labute approximate surface area is 140 Å². The molecule has 1 amide bonds. The van der Waals surface area contributed by atoms with E-state index < -0.39 is 5.82 Å². The van der Waals surface area contributed by atoms with Crippen molar-refractivity contribution in [2.75, 3.05) is 11.5 Å². The summed E-state index contributed by atoms with van der Waals surface area (Å²) >= 11 is 1.91. The SMILES string of the molecule is O=C(NC1CCCCC1)c1cc(F)cnc1OC1CCSCC1. The van der Waals surface area contributed by atoms with Gasteiger partial charge in [0, 0.05) is 6.04 Å². The van der Waals surface area contributed by atoms with E-state index in [1.54, 1.807) is 0 Å². The van der Waals surface area contributed by atoms with Crippen LogP contribution in [0.25, 0.3) is 0 Å². The summed E-state index contributed by atoms with van der Waals surface area (Å²) < 4.78 is 19.5.